The lowest BCUT2D eigenvalue weighted by Crippen LogP contribution is -2.55. The molecule has 0 aliphatic carbocycles. The number of aromatic nitrogens is 3. The average molecular weight is 272 g/mol. The summed E-state index contributed by atoms with van der Waals surface area (Å²) in [4.78, 5) is 12.7. The number of rotatable bonds is 2. The molecule has 0 spiro atoms. The lowest BCUT2D eigenvalue weighted by Gasteiger charge is -2.39. The molecule has 2 aromatic heterocycles. The van der Waals surface area contributed by atoms with E-state index in [0.717, 1.165) is 24.1 Å². The first-order chi connectivity index (χ1) is 9.79. The molecular weight excluding hydrogens is 256 g/mol. The van der Waals surface area contributed by atoms with E-state index in [1.54, 1.807) is 10.7 Å². The highest BCUT2D eigenvalue weighted by Gasteiger charge is 2.35. The monoisotopic (exact) mass is 272 g/mol. The maximum Gasteiger partial charge on any atom is 0.167 e. The maximum absolute atomic E-state index is 12.7. The molecule has 0 aromatic carbocycles. The number of piperidine rings is 1. The van der Waals surface area contributed by atoms with Gasteiger partial charge in [0, 0.05) is 29.8 Å². The van der Waals surface area contributed by atoms with Crippen LogP contribution in [0.3, 0.4) is 0 Å². The van der Waals surface area contributed by atoms with Crippen LogP contribution < -0.4 is 5.32 Å². The van der Waals surface area contributed by atoms with Crippen molar-refractivity contribution in [1.29, 1.82) is 0 Å². The summed E-state index contributed by atoms with van der Waals surface area (Å²) in [5.74, 6) is 0.308. The van der Waals surface area contributed by atoms with Gasteiger partial charge in [0.05, 0.1) is 13.2 Å². The predicted molar refractivity (Wildman–Crippen MR) is 71.6 cm³/mol. The summed E-state index contributed by atoms with van der Waals surface area (Å²) in [6.45, 7) is 1.43. The zero-order valence-electron chi connectivity index (χ0n) is 11.0. The Morgan fingerprint density at radius 3 is 2.90 bits per heavy atom. The Morgan fingerprint density at radius 1 is 1.30 bits per heavy atom. The topological polar surface area (TPSA) is 68.5 Å². The van der Waals surface area contributed by atoms with E-state index in [2.05, 4.69) is 15.5 Å². The number of nitrogens with one attached hydrogen (secondary N) is 1. The van der Waals surface area contributed by atoms with Crippen LogP contribution >= 0.6 is 0 Å². The first kappa shape index (κ1) is 12.0. The molecule has 2 aliphatic heterocycles. The molecule has 2 saturated heterocycles. The fourth-order valence-corrected chi connectivity index (χ4v) is 3.26. The lowest BCUT2D eigenvalue weighted by atomic mass is 9.82. The largest absolute Gasteiger partial charge is 0.378 e. The first-order valence-electron chi connectivity index (χ1n) is 6.97. The molecule has 104 valence electrons. The lowest BCUT2D eigenvalue weighted by molar-refractivity contribution is 0.00952. The molecule has 2 bridgehead atoms. The van der Waals surface area contributed by atoms with Crippen molar-refractivity contribution in [2.75, 3.05) is 13.2 Å². The van der Waals surface area contributed by atoms with Crippen molar-refractivity contribution in [1.82, 2.24) is 19.9 Å². The molecule has 2 aliphatic rings. The van der Waals surface area contributed by atoms with Gasteiger partial charge in [0.25, 0.3) is 0 Å². The van der Waals surface area contributed by atoms with Crippen LogP contribution in [0.1, 0.15) is 23.2 Å². The molecule has 20 heavy (non-hydrogen) atoms. The van der Waals surface area contributed by atoms with Crippen LogP contribution in [0.5, 0.6) is 0 Å². The molecule has 0 saturated carbocycles. The van der Waals surface area contributed by atoms with Crippen molar-refractivity contribution in [3.63, 3.8) is 0 Å². The third-order valence-corrected chi connectivity index (χ3v) is 4.19. The Labute approximate surface area is 116 Å². The smallest absolute Gasteiger partial charge is 0.167 e. The second-order valence-electron chi connectivity index (χ2n) is 5.64. The van der Waals surface area contributed by atoms with Crippen LogP contribution in [0.25, 0.3) is 5.65 Å². The Morgan fingerprint density at radius 2 is 2.10 bits per heavy atom. The molecule has 4 heterocycles. The number of morpholine rings is 1. The van der Waals surface area contributed by atoms with Gasteiger partial charge in [0.1, 0.15) is 6.33 Å². The van der Waals surface area contributed by atoms with E-state index in [1.165, 1.54) is 0 Å². The summed E-state index contributed by atoms with van der Waals surface area (Å²) in [6.07, 6.45) is 5.16. The van der Waals surface area contributed by atoms with Gasteiger partial charge < -0.3 is 10.1 Å². The van der Waals surface area contributed by atoms with Gasteiger partial charge in [0.15, 0.2) is 11.4 Å². The molecule has 0 radical (unpaired) electrons. The Hall–Kier alpha value is -1.79. The van der Waals surface area contributed by atoms with Crippen molar-refractivity contribution in [2.45, 2.75) is 24.9 Å². The minimum Gasteiger partial charge on any atom is -0.378 e. The van der Waals surface area contributed by atoms with Gasteiger partial charge in [-0.3, -0.25) is 9.20 Å². The molecule has 4 rings (SSSR count). The van der Waals surface area contributed by atoms with E-state index in [1.807, 2.05) is 18.3 Å². The second-order valence-corrected chi connectivity index (χ2v) is 5.64. The summed E-state index contributed by atoms with van der Waals surface area (Å²) < 4.78 is 7.31. The van der Waals surface area contributed by atoms with Crippen molar-refractivity contribution < 1.29 is 9.53 Å². The first-order valence-corrected chi connectivity index (χ1v) is 6.97. The van der Waals surface area contributed by atoms with Crippen molar-refractivity contribution in [3.8, 4) is 0 Å². The minimum atomic E-state index is 0.0871. The summed E-state index contributed by atoms with van der Waals surface area (Å²) in [5, 5.41) is 11.3. The third-order valence-electron chi connectivity index (χ3n) is 4.19. The molecule has 6 heteroatoms. The van der Waals surface area contributed by atoms with Crippen molar-refractivity contribution in [2.24, 2.45) is 5.92 Å². The van der Waals surface area contributed by atoms with Crippen molar-refractivity contribution >= 4 is 11.4 Å². The third kappa shape index (κ3) is 2.01. The van der Waals surface area contributed by atoms with Crippen LogP contribution in [0.15, 0.2) is 24.7 Å². The number of hydrogen-bond donors (Lipinski definition) is 1. The number of hydrogen-bond acceptors (Lipinski definition) is 5. The molecule has 2 aromatic rings. The van der Waals surface area contributed by atoms with Crippen LogP contribution in [0.2, 0.25) is 0 Å². The zero-order chi connectivity index (χ0) is 13.5. The standard InChI is InChI=1S/C14H16N4O2/c19-14(9-1-2-13-17-15-8-18(13)5-9)10-3-11-6-20-7-12(4-10)16-11/h1-2,5,8,10-12,16H,3-4,6-7H2. The molecule has 2 atom stereocenters. The van der Waals surface area contributed by atoms with Gasteiger partial charge in [-0.1, -0.05) is 0 Å². The van der Waals surface area contributed by atoms with E-state index >= 15 is 0 Å². The Bertz CT molecular complexity index is 641. The quantitative estimate of drug-likeness (QED) is 0.814. The van der Waals surface area contributed by atoms with E-state index in [4.69, 9.17) is 4.74 Å². The minimum absolute atomic E-state index is 0.0871. The number of fused-ring (bicyclic) bond motifs is 3. The van der Waals surface area contributed by atoms with Gasteiger partial charge in [-0.25, -0.2) is 0 Å². The van der Waals surface area contributed by atoms with Gasteiger partial charge in [-0.2, -0.15) is 0 Å². The van der Waals surface area contributed by atoms with Crippen LogP contribution in [0.4, 0.5) is 0 Å². The Balaban J connectivity index is 1.59. The second kappa shape index (κ2) is 4.64. The maximum atomic E-state index is 12.7. The summed E-state index contributed by atoms with van der Waals surface area (Å²) in [7, 11) is 0. The highest BCUT2D eigenvalue weighted by Crippen LogP contribution is 2.27. The fraction of sp³-hybridized carbons (Fsp3) is 0.500. The van der Waals surface area contributed by atoms with Gasteiger partial charge in [0.2, 0.25) is 0 Å². The number of nitrogens with zero attached hydrogens (tertiary/aromatic N) is 3. The van der Waals surface area contributed by atoms with Crippen LogP contribution in [-0.2, 0) is 4.74 Å². The molecule has 2 unspecified atom stereocenters. The highest BCUT2D eigenvalue weighted by atomic mass is 16.5. The molecule has 0 amide bonds. The van der Waals surface area contributed by atoms with E-state index in [-0.39, 0.29) is 11.7 Å². The Kier molecular flexibility index (Phi) is 2.78. The zero-order valence-corrected chi connectivity index (χ0v) is 11.0. The number of ketones is 1. The number of Topliss-reactive ketones (excluding diaryl/α,β-unsaturated/α-hetero) is 1. The number of ether oxygens (including phenoxy) is 1. The number of pyridine rings is 1. The van der Waals surface area contributed by atoms with E-state index in [0.29, 0.717) is 25.3 Å². The fourth-order valence-electron chi connectivity index (χ4n) is 3.26. The molecule has 1 N–H and O–H groups in total. The normalized spacial score (nSPS) is 29.5. The van der Waals surface area contributed by atoms with Gasteiger partial charge in [-0.15, -0.1) is 10.2 Å². The predicted octanol–water partition coefficient (Wildman–Crippen LogP) is 0.679. The molecule has 2 fully saturated rings. The average Bonchev–Trinajstić information content (AvgIpc) is 2.93. The number of carbonyl (C=O) groups excluding carboxylic acids is 1. The van der Waals surface area contributed by atoms with Crippen molar-refractivity contribution in [3.05, 3.63) is 30.2 Å². The van der Waals surface area contributed by atoms with Crippen LogP contribution in [0, 0.1) is 5.92 Å². The summed E-state index contributed by atoms with van der Waals surface area (Å²) in [6, 6.07) is 4.32. The highest BCUT2D eigenvalue weighted by molar-refractivity contribution is 5.98. The van der Waals surface area contributed by atoms with Gasteiger partial charge >= 0.3 is 0 Å². The van der Waals surface area contributed by atoms with Crippen LogP contribution in [-0.4, -0.2) is 45.7 Å². The van der Waals surface area contributed by atoms with E-state index < -0.39 is 0 Å². The molecular formula is C14H16N4O2. The van der Waals surface area contributed by atoms with E-state index in [9.17, 15) is 4.79 Å². The van der Waals surface area contributed by atoms with Gasteiger partial charge in [-0.05, 0) is 25.0 Å². The summed E-state index contributed by atoms with van der Waals surface area (Å²) >= 11 is 0. The summed E-state index contributed by atoms with van der Waals surface area (Å²) in [5.41, 5.74) is 1.50. The molecule has 6 nitrogen and oxygen atoms in total. The number of carbonyl (C=O) groups is 1. The SMILES string of the molecule is O=C(c1ccc2nncn2c1)C1CC2COCC(C1)N2.